The summed E-state index contributed by atoms with van der Waals surface area (Å²) >= 11 is 7.46. The van der Waals surface area contributed by atoms with Gasteiger partial charge in [-0.25, -0.2) is 0 Å². The zero-order valence-corrected chi connectivity index (χ0v) is 17.5. The summed E-state index contributed by atoms with van der Waals surface area (Å²) in [5.74, 6) is -0.358. The molecule has 8 heteroatoms. The van der Waals surface area contributed by atoms with Crippen LogP contribution in [0.3, 0.4) is 0 Å². The van der Waals surface area contributed by atoms with Crippen molar-refractivity contribution >= 4 is 44.9 Å². The normalized spacial score (nSPS) is 15.7. The van der Waals surface area contributed by atoms with Crippen molar-refractivity contribution < 1.29 is 9.21 Å². The van der Waals surface area contributed by atoms with E-state index in [1.807, 2.05) is 30.3 Å². The highest BCUT2D eigenvalue weighted by molar-refractivity contribution is 7.15. The number of aromatic nitrogens is 2. The van der Waals surface area contributed by atoms with E-state index >= 15 is 0 Å². The predicted molar refractivity (Wildman–Crippen MR) is 116 cm³/mol. The van der Waals surface area contributed by atoms with Crippen LogP contribution in [-0.2, 0) is 6.42 Å². The minimum atomic E-state index is -0.643. The molecule has 2 aromatic carbocycles. The molecule has 1 aliphatic rings. The molecule has 0 aliphatic carbocycles. The van der Waals surface area contributed by atoms with E-state index in [0.717, 1.165) is 23.4 Å². The van der Waals surface area contributed by atoms with E-state index in [9.17, 15) is 9.59 Å². The van der Waals surface area contributed by atoms with E-state index in [1.165, 1.54) is 16.2 Å². The summed E-state index contributed by atoms with van der Waals surface area (Å²) in [6.45, 7) is 2.06. The lowest BCUT2D eigenvalue weighted by molar-refractivity contribution is 0.0970. The molecule has 30 heavy (non-hydrogen) atoms. The number of nitrogens with zero attached hydrogens (tertiary/aromatic N) is 3. The first-order chi connectivity index (χ1) is 14.6. The van der Waals surface area contributed by atoms with Crippen molar-refractivity contribution in [2.45, 2.75) is 25.8 Å². The number of rotatable bonds is 4. The molecule has 0 saturated carbocycles. The third-order valence-electron chi connectivity index (χ3n) is 5.07. The molecule has 0 fully saturated rings. The Balaban J connectivity index is 1.77. The first-order valence-corrected chi connectivity index (χ1v) is 10.7. The Labute approximate surface area is 180 Å². The maximum atomic E-state index is 13.5. The van der Waals surface area contributed by atoms with Gasteiger partial charge in [-0.3, -0.25) is 14.5 Å². The molecule has 0 spiro atoms. The fourth-order valence-corrected chi connectivity index (χ4v) is 4.89. The van der Waals surface area contributed by atoms with Gasteiger partial charge in [0.25, 0.3) is 5.91 Å². The summed E-state index contributed by atoms with van der Waals surface area (Å²) in [5.41, 5.74) is 1.16. The van der Waals surface area contributed by atoms with Crippen LogP contribution in [0.15, 0.2) is 57.7 Å². The van der Waals surface area contributed by atoms with E-state index in [2.05, 4.69) is 17.1 Å². The van der Waals surface area contributed by atoms with Gasteiger partial charge in [-0.15, -0.1) is 10.2 Å². The second-order valence-corrected chi connectivity index (χ2v) is 8.51. The van der Waals surface area contributed by atoms with Crippen LogP contribution < -0.4 is 10.3 Å². The average Bonchev–Trinajstić information content (AvgIpc) is 3.32. The third-order valence-corrected chi connectivity index (χ3v) is 6.29. The van der Waals surface area contributed by atoms with Gasteiger partial charge in [-0.05, 0) is 30.2 Å². The molecular formula is C22H16ClN3O3S. The highest BCUT2D eigenvalue weighted by atomic mass is 35.5. The van der Waals surface area contributed by atoms with E-state index in [1.54, 1.807) is 18.2 Å². The molecule has 1 aliphatic heterocycles. The van der Waals surface area contributed by atoms with Crippen molar-refractivity contribution in [1.29, 1.82) is 0 Å². The fraction of sp³-hybridized carbons (Fsp3) is 0.182. The number of carbonyl (C=O) groups is 1. The molecule has 2 aromatic heterocycles. The van der Waals surface area contributed by atoms with Crippen LogP contribution in [0.2, 0.25) is 5.02 Å². The van der Waals surface area contributed by atoms with Gasteiger partial charge < -0.3 is 4.42 Å². The maximum absolute atomic E-state index is 13.5. The number of hydrogen-bond donors (Lipinski definition) is 0. The van der Waals surface area contributed by atoms with Gasteiger partial charge in [-0.1, -0.05) is 60.2 Å². The monoisotopic (exact) mass is 437 g/mol. The molecule has 0 N–H and O–H groups in total. The minimum absolute atomic E-state index is 0.0379. The fourth-order valence-electron chi connectivity index (χ4n) is 3.75. The molecule has 0 saturated heterocycles. The van der Waals surface area contributed by atoms with Crippen molar-refractivity contribution in [3.05, 3.63) is 85.7 Å². The Morgan fingerprint density at radius 3 is 2.70 bits per heavy atom. The molecule has 0 bridgehead atoms. The Morgan fingerprint density at radius 2 is 1.93 bits per heavy atom. The number of halogens is 1. The molecule has 1 amide bonds. The van der Waals surface area contributed by atoms with Gasteiger partial charge in [0.05, 0.1) is 17.0 Å². The first-order valence-electron chi connectivity index (χ1n) is 9.55. The van der Waals surface area contributed by atoms with Crippen molar-refractivity contribution in [1.82, 2.24) is 10.2 Å². The molecule has 1 atom stereocenters. The number of anilines is 1. The van der Waals surface area contributed by atoms with Crippen LogP contribution in [0.1, 0.15) is 46.1 Å². The average molecular weight is 438 g/mol. The van der Waals surface area contributed by atoms with Gasteiger partial charge in [0.15, 0.2) is 5.43 Å². The molecule has 3 heterocycles. The highest BCUT2D eigenvalue weighted by Gasteiger charge is 2.45. The number of aryl methyl sites for hydroxylation is 1. The number of hydrogen-bond acceptors (Lipinski definition) is 6. The minimum Gasteiger partial charge on any atom is -0.450 e. The zero-order chi connectivity index (χ0) is 20.8. The van der Waals surface area contributed by atoms with Crippen molar-refractivity contribution in [2.75, 3.05) is 4.90 Å². The van der Waals surface area contributed by atoms with Gasteiger partial charge >= 0.3 is 0 Å². The van der Waals surface area contributed by atoms with Crippen molar-refractivity contribution in [3.8, 4) is 0 Å². The summed E-state index contributed by atoms with van der Waals surface area (Å²) in [5, 5.41) is 10.5. The topological polar surface area (TPSA) is 76.3 Å². The van der Waals surface area contributed by atoms with E-state index in [0.29, 0.717) is 26.7 Å². The Morgan fingerprint density at radius 1 is 1.13 bits per heavy atom. The second-order valence-electron chi connectivity index (χ2n) is 7.03. The molecular weight excluding hydrogens is 422 g/mol. The Hall–Kier alpha value is -3.03. The summed E-state index contributed by atoms with van der Waals surface area (Å²) in [4.78, 5) is 28.4. The van der Waals surface area contributed by atoms with Crippen LogP contribution in [0.5, 0.6) is 0 Å². The molecule has 4 aromatic rings. The van der Waals surface area contributed by atoms with Gasteiger partial charge in [-0.2, -0.15) is 0 Å². The molecule has 6 nitrogen and oxygen atoms in total. The maximum Gasteiger partial charge on any atom is 0.297 e. The highest BCUT2D eigenvalue weighted by Crippen LogP contribution is 2.42. The Kier molecular flexibility index (Phi) is 4.64. The van der Waals surface area contributed by atoms with Crippen LogP contribution in [0.25, 0.3) is 11.0 Å². The standard InChI is InChI=1S/C22H16ClN3O3S/c1-2-6-16-24-25-22(30-16)26-18(12-7-4-3-5-8-12)17-19(27)14-11-13(23)9-10-15(14)29-20(17)21(26)28/h3-5,7-11,18H,2,6H2,1H3. The summed E-state index contributed by atoms with van der Waals surface area (Å²) < 4.78 is 5.92. The summed E-state index contributed by atoms with van der Waals surface area (Å²) in [6, 6.07) is 13.6. The lowest BCUT2D eigenvalue weighted by Gasteiger charge is -2.21. The molecule has 1 unspecified atom stereocenters. The predicted octanol–water partition coefficient (Wildman–Crippen LogP) is 5.00. The molecule has 150 valence electrons. The number of carbonyl (C=O) groups excluding carboxylic acids is 1. The summed E-state index contributed by atoms with van der Waals surface area (Å²) in [6.07, 6.45) is 1.71. The molecule has 0 radical (unpaired) electrons. The second kappa shape index (κ2) is 7.34. The van der Waals surface area contributed by atoms with Crippen molar-refractivity contribution in [3.63, 3.8) is 0 Å². The van der Waals surface area contributed by atoms with Gasteiger partial charge in [0.2, 0.25) is 10.9 Å². The lowest BCUT2D eigenvalue weighted by Crippen LogP contribution is -2.29. The SMILES string of the molecule is CCCc1nnc(N2C(=O)c3oc4ccc(Cl)cc4c(=O)c3C2c2ccccc2)s1. The lowest BCUT2D eigenvalue weighted by atomic mass is 9.99. The van der Waals surface area contributed by atoms with E-state index in [4.69, 9.17) is 16.0 Å². The summed E-state index contributed by atoms with van der Waals surface area (Å²) in [7, 11) is 0. The van der Waals surface area contributed by atoms with Crippen LogP contribution in [-0.4, -0.2) is 16.1 Å². The van der Waals surface area contributed by atoms with Gasteiger partial charge in [0, 0.05) is 11.4 Å². The number of benzene rings is 2. The Bertz CT molecular complexity index is 1330. The van der Waals surface area contributed by atoms with Crippen LogP contribution >= 0.6 is 22.9 Å². The van der Waals surface area contributed by atoms with Crippen LogP contribution in [0, 0.1) is 0 Å². The third kappa shape index (κ3) is 2.93. The number of amides is 1. The van der Waals surface area contributed by atoms with E-state index < -0.39 is 11.9 Å². The first kappa shape index (κ1) is 19.0. The van der Waals surface area contributed by atoms with Crippen molar-refractivity contribution in [2.24, 2.45) is 0 Å². The quantitative estimate of drug-likeness (QED) is 0.449. The van der Waals surface area contributed by atoms with Crippen LogP contribution in [0.4, 0.5) is 5.13 Å². The zero-order valence-electron chi connectivity index (χ0n) is 16.0. The van der Waals surface area contributed by atoms with E-state index in [-0.39, 0.29) is 11.2 Å². The smallest absolute Gasteiger partial charge is 0.297 e. The molecule has 5 rings (SSSR count). The van der Waals surface area contributed by atoms with Gasteiger partial charge in [0.1, 0.15) is 10.6 Å². The number of fused-ring (bicyclic) bond motifs is 2. The largest absolute Gasteiger partial charge is 0.450 e.